The van der Waals surface area contributed by atoms with E-state index in [1.807, 2.05) is 0 Å². The molecular formula is C15H9Cl2FN2O. The summed E-state index contributed by atoms with van der Waals surface area (Å²) in [7, 11) is 0. The van der Waals surface area contributed by atoms with E-state index in [4.69, 9.17) is 33.5 Å². The van der Waals surface area contributed by atoms with Gasteiger partial charge in [0.1, 0.15) is 11.5 Å². The highest BCUT2D eigenvalue weighted by atomic mass is 35.5. The van der Waals surface area contributed by atoms with E-state index in [0.29, 0.717) is 32.4 Å². The Labute approximate surface area is 130 Å². The average molecular weight is 323 g/mol. The van der Waals surface area contributed by atoms with Crippen LogP contribution in [0.15, 0.2) is 47.0 Å². The standard InChI is InChI=1S/C15H9Cl2FN2O/c16-10-6-3-5-9(13(10)17)14-12(15(19)21-20-14)8-4-1-2-7-11(8)18/h1-7H,19H2. The topological polar surface area (TPSA) is 52.0 Å². The third-order valence-corrected chi connectivity index (χ3v) is 3.89. The van der Waals surface area contributed by atoms with Crippen LogP contribution in [0.4, 0.5) is 10.3 Å². The number of aromatic nitrogens is 1. The molecule has 3 rings (SSSR count). The third kappa shape index (κ3) is 2.37. The fourth-order valence-electron chi connectivity index (χ4n) is 2.10. The van der Waals surface area contributed by atoms with Gasteiger partial charge < -0.3 is 10.3 Å². The molecule has 6 heteroatoms. The molecule has 0 aliphatic heterocycles. The van der Waals surface area contributed by atoms with Crippen molar-refractivity contribution in [1.82, 2.24) is 5.16 Å². The summed E-state index contributed by atoms with van der Waals surface area (Å²) in [6.07, 6.45) is 0. The van der Waals surface area contributed by atoms with E-state index in [0.717, 1.165) is 0 Å². The summed E-state index contributed by atoms with van der Waals surface area (Å²) in [5.74, 6) is -0.405. The molecule has 0 aliphatic rings. The van der Waals surface area contributed by atoms with Crippen molar-refractivity contribution in [1.29, 1.82) is 0 Å². The molecule has 2 N–H and O–H groups in total. The predicted molar refractivity (Wildman–Crippen MR) is 81.8 cm³/mol. The number of benzene rings is 2. The molecule has 21 heavy (non-hydrogen) atoms. The fraction of sp³-hybridized carbons (Fsp3) is 0. The summed E-state index contributed by atoms with van der Waals surface area (Å²) in [5.41, 5.74) is 7.33. The largest absolute Gasteiger partial charge is 0.367 e. The molecule has 0 amide bonds. The lowest BCUT2D eigenvalue weighted by molar-refractivity contribution is 0.439. The maximum absolute atomic E-state index is 14.0. The molecule has 0 spiro atoms. The van der Waals surface area contributed by atoms with Crippen molar-refractivity contribution in [3.63, 3.8) is 0 Å². The molecule has 0 atom stereocenters. The first-order chi connectivity index (χ1) is 10.1. The van der Waals surface area contributed by atoms with Crippen LogP contribution in [0.1, 0.15) is 0 Å². The molecule has 0 bridgehead atoms. The molecule has 0 saturated heterocycles. The van der Waals surface area contributed by atoms with Gasteiger partial charge in [0.25, 0.3) is 0 Å². The molecular weight excluding hydrogens is 314 g/mol. The molecule has 106 valence electrons. The quantitative estimate of drug-likeness (QED) is 0.719. The van der Waals surface area contributed by atoms with Gasteiger partial charge in [-0.05, 0) is 12.1 Å². The van der Waals surface area contributed by atoms with Crippen LogP contribution < -0.4 is 5.73 Å². The molecule has 2 aromatic carbocycles. The van der Waals surface area contributed by atoms with Crippen LogP contribution in [0.25, 0.3) is 22.4 Å². The van der Waals surface area contributed by atoms with E-state index in [9.17, 15) is 4.39 Å². The van der Waals surface area contributed by atoms with Gasteiger partial charge >= 0.3 is 0 Å². The van der Waals surface area contributed by atoms with Gasteiger partial charge in [-0.15, -0.1) is 0 Å². The Balaban J connectivity index is 2.28. The zero-order chi connectivity index (χ0) is 15.0. The number of anilines is 1. The molecule has 0 unspecified atom stereocenters. The highest BCUT2D eigenvalue weighted by Gasteiger charge is 2.22. The van der Waals surface area contributed by atoms with Crippen molar-refractivity contribution in [3.05, 3.63) is 58.3 Å². The maximum Gasteiger partial charge on any atom is 0.230 e. The Morgan fingerprint density at radius 2 is 1.71 bits per heavy atom. The third-order valence-electron chi connectivity index (χ3n) is 3.07. The lowest BCUT2D eigenvalue weighted by atomic mass is 10.0. The van der Waals surface area contributed by atoms with E-state index >= 15 is 0 Å². The highest BCUT2D eigenvalue weighted by molar-refractivity contribution is 6.43. The lowest BCUT2D eigenvalue weighted by Crippen LogP contribution is -1.91. The van der Waals surface area contributed by atoms with Crippen molar-refractivity contribution < 1.29 is 8.91 Å². The van der Waals surface area contributed by atoms with Gasteiger partial charge in [-0.3, -0.25) is 0 Å². The van der Waals surface area contributed by atoms with E-state index < -0.39 is 5.82 Å². The summed E-state index contributed by atoms with van der Waals surface area (Å²) in [4.78, 5) is 0. The van der Waals surface area contributed by atoms with Crippen LogP contribution in [0.5, 0.6) is 0 Å². The fourth-order valence-corrected chi connectivity index (χ4v) is 2.49. The van der Waals surface area contributed by atoms with Crippen LogP contribution in [0, 0.1) is 5.82 Å². The number of rotatable bonds is 2. The first-order valence-corrected chi connectivity index (χ1v) is 6.79. The van der Waals surface area contributed by atoms with Gasteiger partial charge in [0.2, 0.25) is 5.88 Å². The van der Waals surface area contributed by atoms with E-state index in [2.05, 4.69) is 5.16 Å². The SMILES string of the molecule is Nc1onc(-c2cccc(Cl)c2Cl)c1-c1ccccc1F. The van der Waals surface area contributed by atoms with Crippen molar-refractivity contribution in [2.24, 2.45) is 0 Å². The van der Waals surface area contributed by atoms with Gasteiger partial charge in [0, 0.05) is 11.1 Å². The minimum Gasteiger partial charge on any atom is -0.367 e. The molecule has 0 aliphatic carbocycles. The highest BCUT2D eigenvalue weighted by Crippen LogP contribution is 2.41. The van der Waals surface area contributed by atoms with Crippen LogP contribution in [0.3, 0.4) is 0 Å². The number of nitrogen functional groups attached to an aromatic ring is 1. The second-order valence-corrected chi connectivity index (χ2v) is 5.14. The summed E-state index contributed by atoms with van der Waals surface area (Å²) in [6, 6.07) is 11.3. The lowest BCUT2D eigenvalue weighted by Gasteiger charge is -2.06. The first-order valence-electron chi connectivity index (χ1n) is 6.04. The Hall–Kier alpha value is -2.04. The summed E-state index contributed by atoms with van der Waals surface area (Å²) >= 11 is 12.2. The Morgan fingerprint density at radius 1 is 1.00 bits per heavy atom. The maximum atomic E-state index is 14.0. The van der Waals surface area contributed by atoms with Crippen LogP contribution >= 0.6 is 23.2 Å². The number of nitrogens with two attached hydrogens (primary N) is 1. The molecule has 0 radical (unpaired) electrons. The van der Waals surface area contributed by atoms with Crippen LogP contribution in [0.2, 0.25) is 10.0 Å². The second kappa shape index (κ2) is 5.39. The first kappa shape index (κ1) is 13.9. The second-order valence-electron chi connectivity index (χ2n) is 4.35. The summed E-state index contributed by atoms with van der Waals surface area (Å²) in [6.45, 7) is 0. The van der Waals surface area contributed by atoms with Crippen molar-refractivity contribution >= 4 is 29.1 Å². The van der Waals surface area contributed by atoms with Crippen LogP contribution in [-0.2, 0) is 0 Å². The normalized spacial score (nSPS) is 10.8. The number of halogens is 3. The van der Waals surface area contributed by atoms with Gasteiger partial charge in [-0.25, -0.2) is 4.39 Å². The van der Waals surface area contributed by atoms with Gasteiger partial charge in [0.15, 0.2) is 0 Å². The Morgan fingerprint density at radius 3 is 2.48 bits per heavy atom. The van der Waals surface area contributed by atoms with E-state index in [1.165, 1.54) is 6.07 Å². The molecule has 1 aromatic heterocycles. The Kier molecular flexibility index (Phi) is 3.57. The minimum absolute atomic E-state index is 0.0196. The average Bonchev–Trinajstić information content (AvgIpc) is 2.84. The van der Waals surface area contributed by atoms with E-state index in [-0.39, 0.29) is 5.88 Å². The molecule has 0 saturated carbocycles. The Bertz CT molecular complexity index is 817. The number of nitrogens with zero attached hydrogens (tertiary/aromatic N) is 1. The molecule has 3 aromatic rings. The summed E-state index contributed by atoms with van der Waals surface area (Å²) < 4.78 is 19.0. The van der Waals surface area contributed by atoms with Gasteiger partial charge in [-0.2, -0.15) is 0 Å². The molecule has 0 fully saturated rings. The number of hydrogen-bond acceptors (Lipinski definition) is 3. The monoisotopic (exact) mass is 322 g/mol. The van der Waals surface area contributed by atoms with Gasteiger partial charge in [0.05, 0.1) is 15.6 Å². The van der Waals surface area contributed by atoms with Crippen molar-refractivity contribution in [3.8, 4) is 22.4 Å². The molecule has 3 nitrogen and oxygen atoms in total. The van der Waals surface area contributed by atoms with Crippen molar-refractivity contribution in [2.45, 2.75) is 0 Å². The summed E-state index contributed by atoms with van der Waals surface area (Å²) in [5, 5.41) is 4.58. The van der Waals surface area contributed by atoms with E-state index in [1.54, 1.807) is 36.4 Å². The smallest absolute Gasteiger partial charge is 0.230 e. The van der Waals surface area contributed by atoms with Gasteiger partial charge in [-0.1, -0.05) is 58.7 Å². The minimum atomic E-state index is -0.424. The van der Waals surface area contributed by atoms with Crippen molar-refractivity contribution in [2.75, 3.05) is 5.73 Å². The van der Waals surface area contributed by atoms with Crippen LogP contribution in [-0.4, -0.2) is 5.16 Å². The predicted octanol–water partition coefficient (Wildman–Crippen LogP) is 5.04. The zero-order valence-corrected chi connectivity index (χ0v) is 12.1. The zero-order valence-electron chi connectivity index (χ0n) is 10.6. The molecule has 1 heterocycles. The number of hydrogen-bond donors (Lipinski definition) is 1.